The first-order chi connectivity index (χ1) is 13.4. The summed E-state index contributed by atoms with van der Waals surface area (Å²) in [5.41, 5.74) is 2.10. The fourth-order valence-corrected chi connectivity index (χ4v) is 7.08. The minimum absolute atomic E-state index is 0.0189. The minimum atomic E-state index is -2.97. The highest BCUT2D eigenvalue weighted by Crippen LogP contribution is 2.34. The highest BCUT2D eigenvalue weighted by molar-refractivity contribution is 8.15. The van der Waals surface area contributed by atoms with E-state index in [-0.39, 0.29) is 28.7 Å². The molecule has 2 aromatic carbocycles. The second-order valence-corrected chi connectivity index (χ2v) is 10.5. The summed E-state index contributed by atoms with van der Waals surface area (Å²) in [6.07, 6.45) is 0. The highest BCUT2D eigenvalue weighted by atomic mass is 35.5. The average molecular weight is 436 g/mol. The van der Waals surface area contributed by atoms with E-state index in [0.717, 1.165) is 11.3 Å². The van der Waals surface area contributed by atoms with Crippen LogP contribution >= 0.6 is 23.4 Å². The molecule has 4 rings (SSSR count). The van der Waals surface area contributed by atoms with Crippen LogP contribution in [0.25, 0.3) is 0 Å². The fraction of sp³-hybridized carbons (Fsp3) is 0.263. The van der Waals surface area contributed by atoms with Crippen LogP contribution in [-0.2, 0) is 16.4 Å². The van der Waals surface area contributed by atoms with Gasteiger partial charge in [0.25, 0.3) is 5.91 Å². The van der Waals surface area contributed by atoms with E-state index >= 15 is 0 Å². The molecule has 1 amide bonds. The zero-order chi connectivity index (χ0) is 19.7. The zero-order valence-electron chi connectivity index (χ0n) is 14.8. The molecule has 0 unspecified atom stereocenters. The van der Waals surface area contributed by atoms with Gasteiger partial charge in [-0.05, 0) is 29.8 Å². The Balaban J connectivity index is 1.39. The van der Waals surface area contributed by atoms with Gasteiger partial charge in [0.15, 0.2) is 15.0 Å². The van der Waals surface area contributed by atoms with Crippen molar-refractivity contribution in [3.05, 3.63) is 64.7 Å². The molecule has 2 aromatic rings. The van der Waals surface area contributed by atoms with Gasteiger partial charge in [0.05, 0.1) is 17.5 Å². The van der Waals surface area contributed by atoms with E-state index in [1.807, 2.05) is 24.3 Å². The van der Waals surface area contributed by atoms with Gasteiger partial charge in [-0.2, -0.15) is 0 Å². The van der Waals surface area contributed by atoms with Gasteiger partial charge in [-0.3, -0.25) is 9.79 Å². The standard InChI is InChI=1S/C19H18ClN3O3S2/c20-15-7-2-1-4-13(15)9-21-18(24)12-5-3-6-14(8-12)22-19-23-16-10-28(25,26)11-17(16)27-19/h1-8,16-17H,9-11H2,(H,21,24)(H,22,23)/t16-,17+/m1/s1. The number of hydrogen-bond donors (Lipinski definition) is 2. The normalized spacial score (nSPS) is 22.4. The number of thioether (sulfide) groups is 1. The molecule has 2 aliphatic heterocycles. The van der Waals surface area contributed by atoms with Crippen LogP contribution < -0.4 is 10.6 Å². The third-order valence-electron chi connectivity index (χ3n) is 4.59. The average Bonchev–Trinajstić information content (AvgIpc) is 3.13. The molecular formula is C19H18ClN3O3S2. The second-order valence-electron chi connectivity index (χ2n) is 6.71. The monoisotopic (exact) mass is 435 g/mol. The van der Waals surface area contributed by atoms with Crippen LogP contribution in [-0.4, -0.2) is 42.3 Å². The number of fused-ring (bicyclic) bond motifs is 1. The lowest BCUT2D eigenvalue weighted by Gasteiger charge is -2.10. The lowest BCUT2D eigenvalue weighted by atomic mass is 10.1. The van der Waals surface area contributed by atoms with Crippen molar-refractivity contribution in [3.63, 3.8) is 0 Å². The molecule has 0 saturated carbocycles. The maximum Gasteiger partial charge on any atom is 0.251 e. The molecule has 9 heteroatoms. The summed E-state index contributed by atoms with van der Waals surface area (Å²) >= 11 is 7.56. The number of carbonyl (C=O) groups excluding carboxylic acids is 1. The summed E-state index contributed by atoms with van der Waals surface area (Å²) < 4.78 is 23.3. The van der Waals surface area contributed by atoms with Crippen LogP contribution in [0.3, 0.4) is 0 Å². The molecule has 2 atom stereocenters. The predicted molar refractivity (Wildman–Crippen MR) is 114 cm³/mol. The molecule has 1 saturated heterocycles. The van der Waals surface area contributed by atoms with E-state index in [9.17, 15) is 13.2 Å². The van der Waals surface area contributed by atoms with E-state index in [1.165, 1.54) is 11.8 Å². The maximum atomic E-state index is 12.5. The molecule has 0 bridgehead atoms. The van der Waals surface area contributed by atoms with Gasteiger partial charge in [0.2, 0.25) is 0 Å². The SMILES string of the molecule is O=C(NCc1ccccc1Cl)c1cccc(NC2=N[C@@H]3CS(=O)(=O)C[C@@H]3S2)c1. The van der Waals surface area contributed by atoms with Crippen molar-refractivity contribution < 1.29 is 13.2 Å². The summed E-state index contributed by atoms with van der Waals surface area (Å²) in [5, 5.41) is 7.34. The topological polar surface area (TPSA) is 87.6 Å². The number of benzene rings is 2. The molecular weight excluding hydrogens is 418 g/mol. The third-order valence-corrected chi connectivity index (χ3v) is 8.10. The van der Waals surface area contributed by atoms with E-state index in [1.54, 1.807) is 24.3 Å². The Bertz CT molecular complexity index is 1060. The van der Waals surface area contributed by atoms with Gasteiger partial charge in [0, 0.05) is 28.1 Å². The molecule has 2 N–H and O–H groups in total. The molecule has 2 heterocycles. The van der Waals surface area contributed by atoms with Crippen LogP contribution in [0.15, 0.2) is 53.5 Å². The molecule has 0 aromatic heterocycles. The number of nitrogens with zero attached hydrogens (tertiary/aromatic N) is 1. The first-order valence-corrected chi connectivity index (χ1v) is 11.8. The van der Waals surface area contributed by atoms with E-state index < -0.39 is 9.84 Å². The van der Waals surface area contributed by atoms with Crippen molar-refractivity contribution in [2.75, 3.05) is 16.8 Å². The number of aliphatic imine (C=N–C) groups is 1. The number of hydrogen-bond acceptors (Lipinski definition) is 6. The number of amidine groups is 1. The van der Waals surface area contributed by atoms with Crippen molar-refractivity contribution in [1.29, 1.82) is 0 Å². The van der Waals surface area contributed by atoms with Crippen LogP contribution in [0.2, 0.25) is 5.02 Å². The Morgan fingerprint density at radius 2 is 2.00 bits per heavy atom. The molecule has 0 spiro atoms. The lowest BCUT2D eigenvalue weighted by molar-refractivity contribution is 0.0951. The van der Waals surface area contributed by atoms with Crippen LogP contribution in [0.1, 0.15) is 15.9 Å². The summed E-state index contributed by atoms with van der Waals surface area (Å²) in [4.78, 5) is 16.9. The Labute approximate surface area is 172 Å². The van der Waals surface area contributed by atoms with E-state index in [0.29, 0.717) is 22.3 Å². The van der Waals surface area contributed by atoms with Crippen LogP contribution in [0.5, 0.6) is 0 Å². The number of sulfone groups is 1. The van der Waals surface area contributed by atoms with Gasteiger partial charge in [-0.25, -0.2) is 8.42 Å². The van der Waals surface area contributed by atoms with Gasteiger partial charge in [0.1, 0.15) is 0 Å². The summed E-state index contributed by atoms with van der Waals surface area (Å²) in [6.45, 7) is 0.344. The number of anilines is 1. The molecule has 28 heavy (non-hydrogen) atoms. The number of nitrogens with one attached hydrogen (secondary N) is 2. The van der Waals surface area contributed by atoms with Crippen molar-refractivity contribution in [1.82, 2.24) is 5.32 Å². The van der Waals surface area contributed by atoms with Gasteiger partial charge in [-0.15, -0.1) is 0 Å². The Kier molecular flexibility index (Phi) is 5.35. The van der Waals surface area contributed by atoms with Crippen LogP contribution in [0.4, 0.5) is 5.69 Å². The lowest BCUT2D eigenvalue weighted by Crippen LogP contribution is -2.23. The third kappa shape index (κ3) is 4.34. The largest absolute Gasteiger partial charge is 0.348 e. The number of amides is 1. The summed E-state index contributed by atoms with van der Waals surface area (Å²) in [7, 11) is -2.97. The quantitative estimate of drug-likeness (QED) is 0.770. The van der Waals surface area contributed by atoms with E-state index in [2.05, 4.69) is 15.6 Å². The Morgan fingerprint density at radius 3 is 2.79 bits per heavy atom. The molecule has 6 nitrogen and oxygen atoms in total. The summed E-state index contributed by atoms with van der Waals surface area (Å²) in [6, 6.07) is 14.3. The second kappa shape index (κ2) is 7.77. The molecule has 0 radical (unpaired) electrons. The predicted octanol–water partition coefficient (Wildman–Crippen LogP) is 2.95. The molecule has 0 aliphatic carbocycles. The summed E-state index contributed by atoms with van der Waals surface area (Å²) in [5.74, 6) is 0.0783. The van der Waals surface area contributed by atoms with Crippen molar-refractivity contribution in [3.8, 4) is 0 Å². The Morgan fingerprint density at radius 1 is 1.18 bits per heavy atom. The fourth-order valence-electron chi connectivity index (χ4n) is 3.20. The maximum absolute atomic E-state index is 12.5. The highest BCUT2D eigenvalue weighted by Gasteiger charge is 2.42. The minimum Gasteiger partial charge on any atom is -0.348 e. The number of rotatable bonds is 4. The van der Waals surface area contributed by atoms with E-state index in [4.69, 9.17) is 11.6 Å². The van der Waals surface area contributed by atoms with Crippen LogP contribution in [0, 0.1) is 0 Å². The molecule has 146 valence electrons. The first kappa shape index (κ1) is 19.3. The van der Waals surface area contributed by atoms with Crippen molar-refractivity contribution in [2.24, 2.45) is 4.99 Å². The van der Waals surface area contributed by atoms with Gasteiger partial charge in [-0.1, -0.05) is 47.6 Å². The molecule has 1 fully saturated rings. The zero-order valence-corrected chi connectivity index (χ0v) is 17.2. The first-order valence-electron chi connectivity index (χ1n) is 8.73. The molecule has 2 aliphatic rings. The van der Waals surface area contributed by atoms with Gasteiger partial charge < -0.3 is 10.6 Å². The smallest absolute Gasteiger partial charge is 0.251 e. The number of carbonyl (C=O) groups is 1. The van der Waals surface area contributed by atoms with Crippen molar-refractivity contribution in [2.45, 2.75) is 17.8 Å². The Hall–Kier alpha value is -2.03. The number of halogens is 1. The van der Waals surface area contributed by atoms with Gasteiger partial charge >= 0.3 is 0 Å². The van der Waals surface area contributed by atoms with Crippen molar-refractivity contribution >= 4 is 50.0 Å².